The van der Waals surface area contributed by atoms with Crippen molar-refractivity contribution in [1.82, 2.24) is 4.57 Å². The first-order valence-electron chi connectivity index (χ1n) is 7.15. The molecule has 0 N–H and O–H groups in total. The van der Waals surface area contributed by atoms with Crippen molar-refractivity contribution in [2.24, 2.45) is 0 Å². The second-order valence-electron chi connectivity index (χ2n) is 5.47. The average Bonchev–Trinajstić information content (AvgIpc) is 2.88. The molecule has 104 valence electrons. The van der Waals surface area contributed by atoms with Crippen LogP contribution in [0.15, 0.2) is 73.0 Å². The highest BCUT2D eigenvalue weighted by Crippen LogP contribution is 2.27. The van der Waals surface area contributed by atoms with E-state index in [0.717, 1.165) is 5.57 Å². The van der Waals surface area contributed by atoms with Gasteiger partial charge in [-0.2, -0.15) is 0 Å². The summed E-state index contributed by atoms with van der Waals surface area (Å²) in [4.78, 5) is 0. The van der Waals surface area contributed by atoms with Crippen LogP contribution in [-0.2, 0) is 0 Å². The van der Waals surface area contributed by atoms with Crippen LogP contribution in [-0.4, -0.2) is 4.57 Å². The first-order valence-corrected chi connectivity index (χ1v) is 7.15. The molecule has 3 rings (SSSR count). The zero-order valence-corrected chi connectivity index (χ0v) is 12.5. The van der Waals surface area contributed by atoms with Crippen molar-refractivity contribution in [1.29, 1.82) is 0 Å². The smallest absolute Gasteiger partial charge is 0.0522 e. The fraction of sp³-hybridized carbons (Fsp3) is 0.100. The van der Waals surface area contributed by atoms with Crippen LogP contribution >= 0.6 is 0 Å². The van der Waals surface area contributed by atoms with Crippen LogP contribution < -0.4 is 0 Å². The summed E-state index contributed by atoms with van der Waals surface area (Å²) in [6.07, 6.45) is 6.17. The lowest BCUT2D eigenvalue weighted by Gasteiger charge is -2.06. The summed E-state index contributed by atoms with van der Waals surface area (Å²) in [5.41, 5.74) is 6.13. The summed E-state index contributed by atoms with van der Waals surface area (Å²) in [6.45, 7) is 8.05. The van der Waals surface area contributed by atoms with Crippen LogP contribution in [0.25, 0.3) is 28.2 Å². The molecule has 1 heteroatoms. The Morgan fingerprint density at radius 2 is 1.90 bits per heavy atom. The molecule has 0 aliphatic carbocycles. The van der Waals surface area contributed by atoms with Gasteiger partial charge in [-0.15, -0.1) is 0 Å². The van der Waals surface area contributed by atoms with Crippen LogP contribution in [0.2, 0.25) is 0 Å². The van der Waals surface area contributed by atoms with Crippen LogP contribution in [0.4, 0.5) is 0 Å². The number of hydrogen-bond donors (Lipinski definition) is 0. The molecule has 0 spiro atoms. The highest BCUT2D eigenvalue weighted by Gasteiger charge is 2.04. The number of benzene rings is 2. The van der Waals surface area contributed by atoms with Gasteiger partial charge >= 0.3 is 0 Å². The SMILES string of the molecule is C=C(C)C=Cn1ccc2cc(-c3ccccc3C)ccc21. The average molecular weight is 273 g/mol. The summed E-state index contributed by atoms with van der Waals surface area (Å²) in [5.74, 6) is 0. The molecule has 0 atom stereocenters. The van der Waals surface area contributed by atoms with Crippen LogP contribution in [0, 0.1) is 6.92 Å². The Bertz CT molecular complexity index is 834. The Morgan fingerprint density at radius 1 is 1.10 bits per heavy atom. The number of aromatic nitrogens is 1. The molecule has 0 radical (unpaired) electrons. The minimum Gasteiger partial charge on any atom is -0.323 e. The minimum absolute atomic E-state index is 1.05. The van der Waals surface area contributed by atoms with Crippen molar-refractivity contribution in [2.75, 3.05) is 0 Å². The molecule has 0 saturated heterocycles. The van der Waals surface area contributed by atoms with Gasteiger partial charge in [0.05, 0.1) is 5.52 Å². The second kappa shape index (κ2) is 5.45. The van der Waals surface area contributed by atoms with E-state index in [1.807, 2.05) is 13.0 Å². The topological polar surface area (TPSA) is 4.93 Å². The van der Waals surface area contributed by atoms with Crippen molar-refractivity contribution >= 4 is 17.1 Å². The van der Waals surface area contributed by atoms with Crippen molar-refractivity contribution < 1.29 is 0 Å². The van der Waals surface area contributed by atoms with Crippen molar-refractivity contribution in [3.63, 3.8) is 0 Å². The number of nitrogens with zero attached hydrogens (tertiary/aromatic N) is 1. The summed E-state index contributed by atoms with van der Waals surface area (Å²) in [6, 6.07) is 17.3. The predicted octanol–water partition coefficient (Wildman–Crippen LogP) is 5.66. The Balaban J connectivity index is 2.07. The lowest BCUT2D eigenvalue weighted by molar-refractivity contribution is 1.22. The highest BCUT2D eigenvalue weighted by molar-refractivity contribution is 5.87. The van der Waals surface area contributed by atoms with Gasteiger partial charge in [-0.1, -0.05) is 42.5 Å². The third kappa shape index (κ3) is 2.68. The molecule has 0 aliphatic heterocycles. The zero-order valence-electron chi connectivity index (χ0n) is 12.5. The first kappa shape index (κ1) is 13.4. The molecule has 1 heterocycles. The molecule has 3 aromatic rings. The standard InChI is InChI=1S/C20H19N/c1-15(2)10-12-21-13-11-18-14-17(8-9-20(18)21)19-7-5-4-6-16(19)3/h4-14H,1H2,2-3H3. The van der Waals surface area contributed by atoms with E-state index in [1.54, 1.807) is 0 Å². The first-order chi connectivity index (χ1) is 10.1. The number of hydrogen-bond acceptors (Lipinski definition) is 0. The molecule has 2 aromatic carbocycles. The van der Waals surface area contributed by atoms with Gasteiger partial charge in [0, 0.05) is 17.8 Å². The van der Waals surface area contributed by atoms with Crippen molar-refractivity contribution in [2.45, 2.75) is 13.8 Å². The van der Waals surface area contributed by atoms with Gasteiger partial charge in [0.15, 0.2) is 0 Å². The molecule has 1 nitrogen and oxygen atoms in total. The van der Waals surface area contributed by atoms with Crippen LogP contribution in [0.1, 0.15) is 12.5 Å². The molecular weight excluding hydrogens is 254 g/mol. The van der Waals surface area contributed by atoms with E-state index >= 15 is 0 Å². The number of aryl methyl sites for hydroxylation is 1. The van der Waals surface area contributed by atoms with E-state index in [2.05, 4.69) is 79.0 Å². The normalized spacial score (nSPS) is 11.3. The maximum Gasteiger partial charge on any atom is 0.0522 e. The maximum atomic E-state index is 3.90. The predicted molar refractivity (Wildman–Crippen MR) is 92.3 cm³/mol. The van der Waals surface area contributed by atoms with E-state index in [0.29, 0.717) is 0 Å². The molecule has 0 fully saturated rings. The van der Waals surface area contributed by atoms with E-state index in [4.69, 9.17) is 0 Å². The lowest BCUT2D eigenvalue weighted by atomic mass is 10.00. The van der Waals surface area contributed by atoms with Gasteiger partial charge in [-0.3, -0.25) is 0 Å². The van der Waals surface area contributed by atoms with E-state index < -0.39 is 0 Å². The van der Waals surface area contributed by atoms with Crippen LogP contribution in [0.5, 0.6) is 0 Å². The largest absolute Gasteiger partial charge is 0.323 e. The summed E-state index contributed by atoms with van der Waals surface area (Å²) < 4.78 is 2.13. The highest BCUT2D eigenvalue weighted by atomic mass is 14.9. The third-order valence-corrected chi connectivity index (χ3v) is 3.70. The van der Waals surface area contributed by atoms with Gasteiger partial charge in [-0.05, 0) is 54.8 Å². The Labute approximate surface area is 125 Å². The lowest BCUT2D eigenvalue weighted by Crippen LogP contribution is -1.85. The molecule has 0 bridgehead atoms. The van der Waals surface area contributed by atoms with E-state index in [9.17, 15) is 0 Å². The zero-order chi connectivity index (χ0) is 14.8. The minimum atomic E-state index is 1.05. The Hall–Kier alpha value is -2.54. The maximum absolute atomic E-state index is 3.90. The third-order valence-electron chi connectivity index (χ3n) is 3.70. The fourth-order valence-corrected chi connectivity index (χ4v) is 2.57. The summed E-state index contributed by atoms with van der Waals surface area (Å²) in [7, 11) is 0. The monoisotopic (exact) mass is 273 g/mol. The second-order valence-corrected chi connectivity index (χ2v) is 5.47. The van der Waals surface area contributed by atoms with Crippen molar-refractivity contribution in [3.05, 3.63) is 78.5 Å². The molecule has 1 aromatic heterocycles. The molecular formula is C20H19N. The number of fused-ring (bicyclic) bond motifs is 1. The van der Waals surface area contributed by atoms with Gasteiger partial charge in [-0.25, -0.2) is 0 Å². The van der Waals surface area contributed by atoms with E-state index in [1.165, 1.54) is 27.6 Å². The molecule has 0 unspecified atom stereocenters. The van der Waals surface area contributed by atoms with Gasteiger partial charge in [0.1, 0.15) is 0 Å². The Morgan fingerprint density at radius 3 is 2.67 bits per heavy atom. The molecule has 0 aliphatic rings. The van der Waals surface area contributed by atoms with Gasteiger partial charge in [0.2, 0.25) is 0 Å². The quantitative estimate of drug-likeness (QED) is 0.542. The molecule has 21 heavy (non-hydrogen) atoms. The van der Waals surface area contributed by atoms with Gasteiger partial charge < -0.3 is 4.57 Å². The Kier molecular flexibility index (Phi) is 3.49. The van der Waals surface area contributed by atoms with Gasteiger partial charge in [0.25, 0.3) is 0 Å². The number of allylic oxidation sites excluding steroid dienone is 2. The van der Waals surface area contributed by atoms with Crippen LogP contribution in [0.3, 0.4) is 0 Å². The molecule has 0 saturated carbocycles. The summed E-state index contributed by atoms with van der Waals surface area (Å²) in [5, 5.41) is 1.25. The molecule has 0 amide bonds. The fourth-order valence-electron chi connectivity index (χ4n) is 2.57. The van der Waals surface area contributed by atoms with Crippen molar-refractivity contribution in [3.8, 4) is 11.1 Å². The van der Waals surface area contributed by atoms with E-state index in [-0.39, 0.29) is 0 Å². The number of rotatable bonds is 3. The summed E-state index contributed by atoms with van der Waals surface area (Å²) >= 11 is 0.